The molecule has 29 heavy (non-hydrogen) atoms. The van der Waals surface area contributed by atoms with Gasteiger partial charge in [-0.1, -0.05) is 91.0 Å². The largest absolute Gasteiger partial charge is 0.411 e. The fourth-order valence-corrected chi connectivity index (χ4v) is 6.69. The van der Waals surface area contributed by atoms with E-state index in [4.69, 9.17) is 4.43 Å². The first kappa shape index (κ1) is 18.6. The molecule has 1 nitrogen and oxygen atoms in total. The molecule has 5 rings (SSSR count). The summed E-state index contributed by atoms with van der Waals surface area (Å²) in [5, 5.41) is 0. The minimum atomic E-state index is -1.72. The van der Waals surface area contributed by atoms with Gasteiger partial charge in [-0.15, -0.1) is 0 Å². The Morgan fingerprint density at radius 2 is 1.03 bits per heavy atom. The van der Waals surface area contributed by atoms with Gasteiger partial charge in [0.2, 0.25) is 0 Å². The molecular weight excluding hydrogens is 368 g/mol. The van der Waals surface area contributed by atoms with E-state index in [0.29, 0.717) is 0 Å². The van der Waals surface area contributed by atoms with Crippen LogP contribution in [0.3, 0.4) is 0 Å². The summed E-state index contributed by atoms with van der Waals surface area (Å²) >= 11 is 0. The molecule has 2 aliphatic carbocycles. The van der Waals surface area contributed by atoms with Gasteiger partial charge in [0, 0.05) is 0 Å². The summed E-state index contributed by atoms with van der Waals surface area (Å²) in [6.07, 6.45) is 2.25. The minimum Gasteiger partial charge on any atom is -0.411 e. The van der Waals surface area contributed by atoms with Crippen LogP contribution in [0.15, 0.2) is 91.0 Å². The second-order valence-corrected chi connectivity index (χ2v) is 13.7. The summed E-state index contributed by atoms with van der Waals surface area (Å²) in [4.78, 5) is 0. The van der Waals surface area contributed by atoms with Gasteiger partial charge in [-0.2, -0.15) is 0 Å². The maximum atomic E-state index is 7.02. The van der Waals surface area contributed by atoms with Crippen LogP contribution in [0, 0.1) is 0 Å². The molecule has 0 aromatic heterocycles. The molecule has 0 saturated heterocycles. The normalized spacial score (nSPS) is 19.1. The molecule has 0 amide bonds. The Bertz CT molecular complexity index is 992. The first-order chi connectivity index (χ1) is 14.0. The molecule has 0 N–H and O–H groups in total. The van der Waals surface area contributed by atoms with Crippen molar-refractivity contribution >= 4 is 19.5 Å². The highest BCUT2D eigenvalue weighted by molar-refractivity contribution is 6.70. The lowest BCUT2D eigenvalue weighted by Crippen LogP contribution is -2.43. The zero-order valence-corrected chi connectivity index (χ0v) is 18.5. The molecule has 146 valence electrons. The van der Waals surface area contributed by atoms with Crippen LogP contribution in [0.1, 0.15) is 29.5 Å². The summed E-state index contributed by atoms with van der Waals surface area (Å²) in [6.45, 7) is 6.95. The Labute approximate surface area is 175 Å². The van der Waals surface area contributed by atoms with Gasteiger partial charge in [0.25, 0.3) is 0 Å². The molecule has 1 fully saturated rings. The third-order valence-electron chi connectivity index (χ3n) is 6.16. The SMILES string of the molecule is C[Si](C)(C)OC1(C2(c3ccccc3)C(c3ccccc3)=C2c2ccccc2)CC1. The van der Waals surface area contributed by atoms with Crippen LogP contribution in [0.5, 0.6) is 0 Å². The number of hydrogen-bond acceptors (Lipinski definition) is 1. The monoisotopic (exact) mass is 396 g/mol. The van der Waals surface area contributed by atoms with Crippen LogP contribution < -0.4 is 0 Å². The van der Waals surface area contributed by atoms with Crippen LogP contribution >= 0.6 is 0 Å². The molecule has 3 aromatic rings. The zero-order valence-electron chi connectivity index (χ0n) is 17.5. The van der Waals surface area contributed by atoms with Crippen molar-refractivity contribution in [3.63, 3.8) is 0 Å². The molecule has 2 heteroatoms. The average molecular weight is 397 g/mol. The lowest BCUT2D eigenvalue weighted by molar-refractivity contribution is 0.142. The fraction of sp³-hybridized carbons (Fsp3) is 0.259. The molecule has 0 radical (unpaired) electrons. The van der Waals surface area contributed by atoms with Gasteiger partial charge in [0.05, 0.1) is 11.0 Å². The van der Waals surface area contributed by atoms with Crippen molar-refractivity contribution in [1.29, 1.82) is 0 Å². The topological polar surface area (TPSA) is 9.23 Å². The van der Waals surface area contributed by atoms with E-state index < -0.39 is 8.32 Å². The molecule has 0 atom stereocenters. The van der Waals surface area contributed by atoms with E-state index in [0.717, 1.165) is 12.8 Å². The van der Waals surface area contributed by atoms with Gasteiger partial charge in [0.1, 0.15) is 0 Å². The lowest BCUT2D eigenvalue weighted by atomic mass is 9.78. The van der Waals surface area contributed by atoms with E-state index >= 15 is 0 Å². The summed E-state index contributed by atoms with van der Waals surface area (Å²) in [5.41, 5.74) is 6.64. The Morgan fingerprint density at radius 1 is 0.621 bits per heavy atom. The van der Waals surface area contributed by atoms with Crippen molar-refractivity contribution in [2.24, 2.45) is 0 Å². The van der Waals surface area contributed by atoms with E-state index in [1.54, 1.807) is 0 Å². The maximum Gasteiger partial charge on any atom is 0.184 e. The van der Waals surface area contributed by atoms with Crippen molar-refractivity contribution in [2.75, 3.05) is 0 Å². The first-order valence-corrected chi connectivity index (χ1v) is 14.0. The highest BCUT2D eigenvalue weighted by Gasteiger charge is 2.73. The van der Waals surface area contributed by atoms with E-state index in [-0.39, 0.29) is 11.0 Å². The minimum absolute atomic E-state index is 0.116. The van der Waals surface area contributed by atoms with Gasteiger partial charge < -0.3 is 4.43 Å². The first-order valence-electron chi connectivity index (χ1n) is 10.6. The van der Waals surface area contributed by atoms with Crippen molar-refractivity contribution in [1.82, 2.24) is 0 Å². The molecule has 0 heterocycles. The van der Waals surface area contributed by atoms with Crippen molar-refractivity contribution in [3.8, 4) is 0 Å². The Balaban J connectivity index is 1.75. The summed E-state index contributed by atoms with van der Waals surface area (Å²) in [7, 11) is -1.72. The summed E-state index contributed by atoms with van der Waals surface area (Å²) in [6, 6.07) is 32.9. The van der Waals surface area contributed by atoms with Crippen molar-refractivity contribution in [3.05, 3.63) is 108 Å². The van der Waals surface area contributed by atoms with Crippen molar-refractivity contribution in [2.45, 2.75) is 43.5 Å². The Kier molecular flexibility index (Phi) is 4.20. The Morgan fingerprint density at radius 3 is 1.41 bits per heavy atom. The standard InChI is InChI=1S/C27H28OSi/c1-29(2,3)28-26(19-20-26)27(23-17-11-6-12-18-23)24(21-13-7-4-8-14-21)25(27)22-15-9-5-10-16-22/h4-18H,19-20H2,1-3H3. The van der Waals surface area contributed by atoms with Crippen LogP contribution in [-0.2, 0) is 9.84 Å². The van der Waals surface area contributed by atoms with E-state index in [1.807, 2.05) is 0 Å². The average Bonchev–Trinajstić information content (AvgIpc) is 3.63. The van der Waals surface area contributed by atoms with Crippen molar-refractivity contribution < 1.29 is 4.43 Å². The van der Waals surface area contributed by atoms with Crippen LogP contribution in [0.25, 0.3) is 11.1 Å². The van der Waals surface area contributed by atoms with Gasteiger partial charge in [-0.3, -0.25) is 0 Å². The molecule has 0 spiro atoms. The maximum absolute atomic E-state index is 7.02. The van der Waals surface area contributed by atoms with Crippen LogP contribution in [0.2, 0.25) is 19.6 Å². The molecule has 0 bridgehead atoms. The number of hydrogen-bond donors (Lipinski definition) is 0. The fourth-order valence-electron chi connectivity index (χ4n) is 5.16. The number of rotatable bonds is 6. The van der Waals surface area contributed by atoms with Gasteiger partial charge in [0.15, 0.2) is 8.32 Å². The highest BCUT2D eigenvalue weighted by atomic mass is 28.4. The number of benzene rings is 3. The van der Waals surface area contributed by atoms with Gasteiger partial charge in [-0.25, -0.2) is 0 Å². The molecule has 2 aliphatic rings. The Hall–Kier alpha value is -2.42. The predicted octanol–water partition coefficient (Wildman–Crippen LogP) is 6.93. The van der Waals surface area contributed by atoms with E-state index in [1.165, 1.54) is 27.8 Å². The van der Waals surface area contributed by atoms with Crippen LogP contribution in [-0.4, -0.2) is 13.9 Å². The predicted molar refractivity (Wildman–Crippen MR) is 124 cm³/mol. The molecular formula is C27H28OSi. The highest BCUT2D eigenvalue weighted by Crippen LogP contribution is 2.76. The van der Waals surface area contributed by atoms with E-state index in [2.05, 4.69) is 111 Å². The lowest BCUT2D eigenvalue weighted by Gasteiger charge is -2.37. The molecule has 1 saturated carbocycles. The summed E-state index contributed by atoms with van der Waals surface area (Å²) < 4.78 is 7.02. The van der Waals surface area contributed by atoms with E-state index in [9.17, 15) is 0 Å². The third-order valence-corrected chi connectivity index (χ3v) is 7.16. The van der Waals surface area contributed by atoms with Crippen LogP contribution in [0.4, 0.5) is 0 Å². The zero-order chi connectivity index (χ0) is 20.1. The molecule has 0 aliphatic heterocycles. The molecule has 0 unspecified atom stereocenters. The smallest absolute Gasteiger partial charge is 0.184 e. The third kappa shape index (κ3) is 2.94. The van der Waals surface area contributed by atoms with Gasteiger partial charge in [-0.05, 0) is 60.3 Å². The molecule has 3 aromatic carbocycles. The quantitative estimate of drug-likeness (QED) is 0.410. The summed E-state index contributed by atoms with van der Waals surface area (Å²) in [5.74, 6) is 0. The second kappa shape index (κ2) is 6.55. The van der Waals surface area contributed by atoms with Gasteiger partial charge >= 0.3 is 0 Å². The second-order valence-electron chi connectivity index (χ2n) is 9.31.